The van der Waals surface area contributed by atoms with Gasteiger partial charge in [0.15, 0.2) is 6.61 Å². The average Bonchev–Trinajstić information content (AvgIpc) is 2.54. The van der Waals surface area contributed by atoms with Crippen LogP contribution in [0.2, 0.25) is 0 Å². The fraction of sp³-hybridized carbons (Fsp3) is 0.500. The molecule has 1 aliphatic rings. The van der Waals surface area contributed by atoms with E-state index in [2.05, 4.69) is 11.4 Å². The zero-order valence-electron chi connectivity index (χ0n) is 12.1. The molecule has 0 bridgehead atoms. The van der Waals surface area contributed by atoms with E-state index in [0.717, 1.165) is 37.7 Å². The van der Waals surface area contributed by atoms with Gasteiger partial charge >= 0.3 is 0 Å². The molecule has 112 valence electrons. The van der Waals surface area contributed by atoms with Crippen molar-refractivity contribution in [3.8, 4) is 11.8 Å². The second kappa shape index (κ2) is 7.09. The van der Waals surface area contributed by atoms with Gasteiger partial charge in [0, 0.05) is 6.54 Å². The Balaban J connectivity index is 1.85. The molecule has 5 nitrogen and oxygen atoms in total. The molecule has 1 saturated carbocycles. The number of amides is 1. The normalized spacial score (nSPS) is 16.8. The first-order valence-electron chi connectivity index (χ1n) is 7.31. The maximum absolute atomic E-state index is 12.0. The van der Waals surface area contributed by atoms with Gasteiger partial charge in [0.2, 0.25) is 0 Å². The molecule has 0 unspecified atom stereocenters. The first-order valence-corrected chi connectivity index (χ1v) is 7.31. The fourth-order valence-corrected chi connectivity index (χ4v) is 2.59. The number of carbonyl (C=O) groups is 1. The van der Waals surface area contributed by atoms with Gasteiger partial charge in [-0.3, -0.25) is 4.79 Å². The molecule has 1 amide bonds. The Morgan fingerprint density at radius 2 is 1.95 bits per heavy atom. The van der Waals surface area contributed by atoms with Crippen LogP contribution in [0.3, 0.4) is 0 Å². The first kappa shape index (κ1) is 15.3. The van der Waals surface area contributed by atoms with E-state index in [4.69, 9.17) is 10.5 Å². The lowest BCUT2D eigenvalue weighted by molar-refractivity contribution is -0.124. The fourth-order valence-electron chi connectivity index (χ4n) is 2.59. The second-order valence-electron chi connectivity index (χ2n) is 5.44. The van der Waals surface area contributed by atoms with Gasteiger partial charge in [-0.15, -0.1) is 0 Å². The molecule has 0 saturated heterocycles. The van der Waals surface area contributed by atoms with E-state index in [1.54, 1.807) is 12.1 Å². The van der Waals surface area contributed by atoms with E-state index < -0.39 is 5.54 Å². The lowest BCUT2D eigenvalue weighted by Gasteiger charge is -2.31. The molecule has 2 rings (SSSR count). The van der Waals surface area contributed by atoms with Crippen molar-refractivity contribution in [2.45, 2.75) is 44.2 Å². The summed E-state index contributed by atoms with van der Waals surface area (Å²) in [6.07, 6.45) is 4.54. The molecule has 21 heavy (non-hydrogen) atoms. The summed E-state index contributed by atoms with van der Waals surface area (Å²) >= 11 is 0. The van der Waals surface area contributed by atoms with Crippen LogP contribution < -0.4 is 15.8 Å². The van der Waals surface area contributed by atoms with Crippen molar-refractivity contribution in [3.63, 3.8) is 0 Å². The highest BCUT2D eigenvalue weighted by molar-refractivity contribution is 5.78. The zero-order valence-corrected chi connectivity index (χ0v) is 12.1. The molecule has 0 spiro atoms. The van der Waals surface area contributed by atoms with Crippen LogP contribution in [0.5, 0.6) is 5.75 Å². The van der Waals surface area contributed by atoms with Gasteiger partial charge in [0.25, 0.3) is 5.91 Å². The van der Waals surface area contributed by atoms with Gasteiger partial charge in [-0.2, -0.15) is 5.26 Å². The number of nitrogens with two attached hydrogens (primary N) is 1. The monoisotopic (exact) mass is 287 g/mol. The predicted molar refractivity (Wildman–Crippen MR) is 79.4 cm³/mol. The van der Waals surface area contributed by atoms with E-state index in [0.29, 0.717) is 12.3 Å². The summed E-state index contributed by atoms with van der Waals surface area (Å²) in [6, 6.07) is 9.57. The van der Waals surface area contributed by atoms with Gasteiger partial charge < -0.3 is 15.8 Å². The summed E-state index contributed by atoms with van der Waals surface area (Å²) in [7, 11) is 0. The van der Waals surface area contributed by atoms with Crippen molar-refractivity contribution in [2.75, 3.05) is 6.61 Å². The van der Waals surface area contributed by atoms with E-state index in [1.807, 2.05) is 12.1 Å². The Morgan fingerprint density at radius 1 is 1.29 bits per heavy atom. The maximum Gasteiger partial charge on any atom is 0.259 e. The molecule has 1 aliphatic carbocycles. The van der Waals surface area contributed by atoms with Crippen LogP contribution in [0, 0.1) is 11.3 Å². The molecule has 0 radical (unpaired) electrons. The Kier molecular flexibility index (Phi) is 5.18. The van der Waals surface area contributed by atoms with Crippen molar-refractivity contribution in [2.24, 2.45) is 5.73 Å². The van der Waals surface area contributed by atoms with E-state index in [9.17, 15) is 10.1 Å². The summed E-state index contributed by atoms with van der Waals surface area (Å²) in [5.74, 6) is 0.373. The van der Waals surface area contributed by atoms with Gasteiger partial charge in [0.05, 0.1) is 6.07 Å². The van der Waals surface area contributed by atoms with Crippen molar-refractivity contribution in [3.05, 3.63) is 29.8 Å². The summed E-state index contributed by atoms with van der Waals surface area (Å²) in [6.45, 7) is 0.400. The number of nitrogens with zero attached hydrogens (tertiary/aromatic N) is 1. The summed E-state index contributed by atoms with van der Waals surface area (Å²) < 4.78 is 5.44. The van der Waals surface area contributed by atoms with Crippen molar-refractivity contribution in [1.82, 2.24) is 5.32 Å². The zero-order chi connectivity index (χ0) is 15.1. The van der Waals surface area contributed by atoms with Crippen LogP contribution in [0.25, 0.3) is 0 Å². The maximum atomic E-state index is 12.0. The van der Waals surface area contributed by atoms with Gasteiger partial charge in [0.1, 0.15) is 11.3 Å². The molecule has 0 aliphatic heterocycles. The minimum absolute atomic E-state index is 0.0780. The van der Waals surface area contributed by atoms with Crippen LogP contribution in [-0.2, 0) is 11.3 Å². The number of hydrogen-bond donors (Lipinski definition) is 2. The molecule has 1 aromatic rings. The van der Waals surface area contributed by atoms with E-state index >= 15 is 0 Å². The Morgan fingerprint density at radius 3 is 2.52 bits per heavy atom. The topological polar surface area (TPSA) is 88.1 Å². The minimum atomic E-state index is -0.706. The standard InChI is InChI=1S/C16H21N3O2/c17-10-13-4-6-14(7-5-13)21-11-15(20)19-16(12-18)8-2-1-3-9-16/h4-7H,1-3,8-11,17H2,(H,19,20). The first-order chi connectivity index (χ1) is 10.2. The second-order valence-corrected chi connectivity index (χ2v) is 5.44. The lowest BCUT2D eigenvalue weighted by atomic mass is 9.83. The smallest absolute Gasteiger partial charge is 0.259 e. The van der Waals surface area contributed by atoms with Crippen molar-refractivity contribution in [1.29, 1.82) is 5.26 Å². The largest absolute Gasteiger partial charge is 0.484 e. The van der Waals surface area contributed by atoms with Crippen LogP contribution in [-0.4, -0.2) is 18.1 Å². The third-order valence-electron chi connectivity index (χ3n) is 3.83. The number of nitrogens with one attached hydrogen (secondary N) is 1. The predicted octanol–water partition coefficient (Wildman–Crippen LogP) is 1.87. The van der Waals surface area contributed by atoms with Crippen molar-refractivity contribution >= 4 is 5.91 Å². The third-order valence-corrected chi connectivity index (χ3v) is 3.83. The van der Waals surface area contributed by atoms with Crippen LogP contribution in [0.1, 0.15) is 37.7 Å². The van der Waals surface area contributed by atoms with Crippen LogP contribution in [0.4, 0.5) is 0 Å². The average molecular weight is 287 g/mol. The molecule has 3 N–H and O–H groups in total. The third kappa shape index (κ3) is 4.20. The van der Waals surface area contributed by atoms with E-state index in [-0.39, 0.29) is 12.5 Å². The van der Waals surface area contributed by atoms with Crippen LogP contribution >= 0.6 is 0 Å². The van der Waals surface area contributed by atoms with E-state index in [1.165, 1.54) is 0 Å². The molecular formula is C16H21N3O2. The van der Waals surface area contributed by atoms with Gasteiger partial charge in [-0.25, -0.2) is 0 Å². The molecule has 5 heteroatoms. The lowest BCUT2D eigenvalue weighted by Crippen LogP contribution is -2.50. The molecule has 1 aromatic carbocycles. The number of carbonyl (C=O) groups excluding carboxylic acids is 1. The number of benzene rings is 1. The highest BCUT2D eigenvalue weighted by Crippen LogP contribution is 2.27. The van der Waals surface area contributed by atoms with Gasteiger partial charge in [-0.1, -0.05) is 31.4 Å². The number of ether oxygens (including phenoxy) is 1. The Labute approximate surface area is 125 Å². The summed E-state index contributed by atoms with van der Waals surface area (Å²) in [4.78, 5) is 12.0. The Hall–Kier alpha value is -2.06. The molecule has 0 aromatic heterocycles. The number of rotatable bonds is 5. The van der Waals surface area contributed by atoms with Crippen molar-refractivity contribution < 1.29 is 9.53 Å². The minimum Gasteiger partial charge on any atom is -0.484 e. The highest BCUT2D eigenvalue weighted by atomic mass is 16.5. The summed E-state index contributed by atoms with van der Waals surface area (Å²) in [5.41, 5.74) is 5.83. The molecule has 0 atom stereocenters. The van der Waals surface area contributed by atoms with Gasteiger partial charge in [-0.05, 0) is 30.5 Å². The summed E-state index contributed by atoms with van der Waals surface area (Å²) in [5, 5.41) is 12.1. The molecule has 0 heterocycles. The number of nitriles is 1. The SMILES string of the molecule is N#CC1(NC(=O)COc2ccc(CN)cc2)CCCCC1. The molecule has 1 fully saturated rings. The van der Waals surface area contributed by atoms with Crippen LogP contribution in [0.15, 0.2) is 24.3 Å². The Bertz CT molecular complexity index is 513. The highest BCUT2D eigenvalue weighted by Gasteiger charge is 2.33. The number of hydrogen-bond acceptors (Lipinski definition) is 4. The quantitative estimate of drug-likeness (QED) is 0.865. The molecular weight excluding hydrogens is 266 g/mol.